The number of ether oxygens (including phenoxy) is 1. The van der Waals surface area contributed by atoms with Crippen molar-refractivity contribution in [2.75, 3.05) is 6.54 Å². The first-order valence-electron chi connectivity index (χ1n) is 12.8. The molecule has 2 atom stereocenters. The Labute approximate surface area is 243 Å². The molecule has 2 aromatic carbocycles. The quantitative estimate of drug-likeness (QED) is 0.100. The van der Waals surface area contributed by atoms with Crippen molar-refractivity contribution in [1.29, 1.82) is 5.41 Å². The van der Waals surface area contributed by atoms with Crippen LogP contribution < -0.4 is 22.1 Å². The van der Waals surface area contributed by atoms with Crippen LogP contribution in [0.5, 0.6) is 0 Å². The van der Waals surface area contributed by atoms with Gasteiger partial charge in [-0.25, -0.2) is 18.0 Å². The van der Waals surface area contributed by atoms with Gasteiger partial charge < -0.3 is 26.1 Å². The molecule has 220 valence electrons. The number of aromatic amines is 1. The van der Waals surface area contributed by atoms with Crippen molar-refractivity contribution < 1.29 is 22.7 Å². The van der Waals surface area contributed by atoms with Crippen molar-refractivity contribution in [3.8, 4) is 0 Å². The Balaban J connectivity index is 2.13. The van der Waals surface area contributed by atoms with Crippen LogP contribution in [0.25, 0.3) is 11.0 Å². The number of thiocarbonyl (C=S) groups is 1. The molecule has 0 aliphatic carbocycles. The summed E-state index contributed by atoms with van der Waals surface area (Å²) in [5.41, 5.74) is 5.22. The van der Waals surface area contributed by atoms with Crippen LogP contribution in [-0.2, 0) is 19.4 Å². The van der Waals surface area contributed by atoms with E-state index in [1.165, 1.54) is 12.1 Å². The van der Waals surface area contributed by atoms with Gasteiger partial charge >= 0.3 is 11.8 Å². The minimum absolute atomic E-state index is 0.0380. The number of fused-ring (bicyclic) bond motifs is 1. The van der Waals surface area contributed by atoms with E-state index in [1.807, 2.05) is 0 Å². The van der Waals surface area contributed by atoms with E-state index in [1.54, 1.807) is 64.1 Å². The number of hydrogen-bond donors (Lipinski definition) is 5. The lowest BCUT2D eigenvalue weighted by Gasteiger charge is -2.26. The summed E-state index contributed by atoms with van der Waals surface area (Å²) in [4.78, 5) is 41.9. The number of Topliss-reactive ketones (excluding diaryl/α,β-unsaturated/α-hetero) is 1. The van der Waals surface area contributed by atoms with E-state index in [2.05, 4.69) is 15.6 Å². The van der Waals surface area contributed by atoms with E-state index in [0.29, 0.717) is 11.0 Å². The van der Waals surface area contributed by atoms with Crippen molar-refractivity contribution in [3.63, 3.8) is 0 Å². The van der Waals surface area contributed by atoms with Crippen LogP contribution in [0.3, 0.4) is 0 Å². The number of nitrogens with two attached hydrogens (primary N) is 1. The molecule has 12 nitrogen and oxygen atoms in total. The second-order valence-corrected chi connectivity index (χ2v) is 12.9. The Morgan fingerprint density at radius 3 is 2.39 bits per heavy atom. The first-order chi connectivity index (χ1) is 19.1. The van der Waals surface area contributed by atoms with E-state index in [9.17, 15) is 22.8 Å². The number of alkyl carbamates (subject to hydrolysis) is 1. The van der Waals surface area contributed by atoms with Crippen LogP contribution in [0.2, 0.25) is 0 Å². The molecule has 0 fully saturated rings. The molecule has 0 saturated carbocycles. The number of H-pyrrole nitrogens is 1. The zero-order valence-corrected chi connectivity index (χ0v) is 24.8. The van der Waals surface area contributed by atoms with Crippen molar-refractivity contribution in [2.24, 2.45) is 5.73 Å². The van der Waals surface area contributed by atoms with E-state index in [0.717, 1.165) is 10.1 Å². The van der Waals surface area contributed by atoms with Gasteiger partial charge in [0.2, 0.25) is 0 Å². The molecule has 14 heteroatoms. The van der Waals surface area contributed by atoms with Crippen LogP contribution in [-0.4, -0.2) is 64.2 Å². The summed E-state index contributed by atoms with van der Waals surface area (Å²) in [6, 6.07) is 11.0. The number of hydrogen-bond acceptors (Lipinski definition) is 8. The standard InChI is InChI=1S/C27H34N6O6S2/c1-16-11-13-17(14-12-16)41(37,38)22(23(40)33-20-10-6-5-8-18(20)31-25(33)35)21(34)19(9-7-15-30-24(28)29)32-26(36)39-27(2,3)4/h5-6,8,10-14,19,22H,7,9,15H2,1-4H3,(H,31,35)(H,32,36)(H4,28,29,30)/t19-,22?/m0/s1. The highest BCUT2D eigenvalue weighted by molar-refractivity contribution is 7.95. The number of rotatable bonds is 10. The SMILES string of the molecule is Cc1ccc(S(=O)(=O)C(C(=O)[C@H](CCCNC(=N)N)NC(=O)OC(C)(C)C)C(=S)n2c(=O)[nH]c3ccccc32)cc1. The second-order valence-electron chi connectivity index (χ2n) is 10.4. The van der Waals surface area contributed by atoms with Gasteiger partial charge in [0.15, 0.2) is 26.8 Å². The third-order valence-corrected chi connectivity index (χ3v) is 8.54. The van der Waals surface area contributed by atoms with Gasteiger partial charge in [-0.05, 0) is 64.8 Å². The van der Waals surface area contributed by atoms with Gasteiger partial charge in [-0.2, -0.15) is 0 Å². The molecule has 1 aromatic heterocycles. The zero-order valence-electron chi connectivity index (χ0n) is 23.2. The lowest BCUT2D eigenvalue weighted by molar-refractivity contribution is -0.119. The molecular formula is C27H34N6O6S2. The number of nitrogens with zero attached hydrogens (tertiary/aromatic N) is 1. The van der Waals surface area contributed by atoms with Gasteiger partial charge in [-0.1, -0.05) is 42.0 Å². The average molecular weight is 603 g/mol. The molecule has 0 saturated heterocycles. The van der Waals surface area contributed by atoms with Gasteiger partial charge in [0, 0.05) is 6.54 Å². The van der Waals surface area contributed by atoms with Crippen molar-refractivity contribution in [3.05, 3.63) is 64.6 Å². The number of carbonyl (C=O) groups excluding carboxylic acids is 2. The molecule has 3 aromatic rings. The Hall–Kier alpha value is -4.04. The smallest absolute Gasteiger partial charge is 0.408 e. The molecule has 0 spiro atoms. The summed E-state index contributed by atoms with van der Waals surface area (Å²) < 4.78 is 34.5. The molecule has 3 rings (SSSR count). The molecule has 0 aliphatic heterocycles. The molecular weight excluding hydrogens is 568 g/mol. The molecule has 1 amide bonds. The Morgan fingerprint density at radius 2 is 1.78 bits per heavy atom. The zero-order chi connectivity index (χ0) is 30.5. The van der Waals surface area contributed by atoms with Crippen LogP contribution in [0.4, 0.5) is 4.79 Å². The summed E-state index contributed by atoms with van der Waals surface area (Å²) in [6.45, 7) is 6.89. The highest BCUT2D eigenvalue weighted by atomic mass is 32.2. The van der Waals surface area contributed by atoms with Crippen LogP contribution >= 0.6 is 12.2 Å². The van der Waals surface area contributed by atoms with Gasteiger partial charge in [0.25, 0.3) is 0 Å². The summed E-state index contributed by atoms with van der Waals surface area (Å²) in [5, 5.41) is 10.4. The lowest BCUT2D eigenvalue weighted by Crippen LogP contribution is -2.53. The monoisotopic (exact) mass is 602 g/mol. The maximum absolute atomic E-state index is 14.2. The minimum Gasteiger partial charge on any atom is -0.444 e. The summed E-state index contributed by atoms with van der Waals surface area (Å²) in [6.07, 6.45) is -0.746. The Kier molecular flexibility index (Phi) is 9.71. The number of carbonyl (C=O) groups is 2. The predicted octanol–water partition coefficient (Wildman–Crippen LogP) is 2.38. The number of aromatic nitrogens is 2. The number of ketones is 1. The molecule has 0 radical (unpaired) electrons. The number of nitrogens with one attached hydrogen (secondary N) is 4. The van der Waals surface area contributed by atoms with Gasteiger partial charge in [0.05, 0.1) is 22.0 Å². The fourth-order valence-electron chi connectivity index (χ4n) is 4.11. The summed E-state index contributed by atoms with van der Waals surface area (Å²) in [5.74, 6) is -1.23. The molecule has 41 heavy (non-hydrogen) atoms. The summed E-state index contributed by atoms with van der Waals surface area (Å²) in [7, 11) is -4.51. The Morgan fingerprint density at radius 1 is 1.15 bits per heavy atom. The van der Waals surface area contributed by atoms with E-state index in [-0.39, 0.29) is 30.2 Å². The fraction of sp³-hybridized carbons (Fsp3) is 0.370. The van der Waals surface area contributed by atoms with Crippen LogP contribution in [0.15, 0.2) is 58.2 Å². The van der Waals surface area contributed by atoms with E-state index >= 15 is 0 Å². The fourth-order valence-corrected chi connectivity index (χ4v) is 6.42. The highest BCUT2D eigenvalue weighted by Crippen LogP contribution is 2.23. The molecule has 6 N–H and O–H groups in total. The van der Waals surface area contributed by atoms with Gasteiger partial charge in [-0.3, -0.25) is 14.8 Å². The number of benzene rings is 2. The number of amides is 1. The lowest BCUT2D eigenvalue weighted by atomic mass is 10.0. The maximum atomic E-state index is 14.2. The van der Waals surface area contributed by atoms with Crippen molar-refractivity contribution >= 4 is 55.9 Å². The van der Waals surface area contributed by atoms with E-state index in [4.69, 9.17) is 28.1 Å². The largest absolute Gasteiger partial charge is 0.444 e. The van der Waals surface area contributed by atoms with Crippen molar-refractivity contribution in [1.82, 2.24) is 20.2 Å². The first kappa shape index (κ1) is 31.5. The first-order valence-corrected chi connectivity index (χ1v) is 14.7. The average Bonchev–Trinajstić information content (AvgIpc) is 3.20. The molecule has 0 bridgehead atoms. The number of guanidine groups is 1. The van der Waals surface area contributed by atoms with Crippen LogP contribution in [0, 0.1) is 12.3 Å². The number of sulfone groups is 1. The molecule has 0 aliphatic rings. The topological polar surface area (TPSA) is 189 Å². The van der Waals surface area contributed by atoms with Crippen LogP contribution in [0.1, 0.15) is 39.2 Å². The maximum Gasteiger partial charge on any atom is 0.408 e. The van der Waals surface area contributed by atoms with Crippen molar-refractivity contribution in [2.45, 2.75) is 62.3 Å². The number of imidazole rings is 1. The van der Waals surface area contributed by atoms with Gasteiger partial charge in [-0.15, -0.1) is 0 Å². The van der Waals surface area contributed by atoms with Gasteiger partial charge in [0.1, 0.15) is 10.6 Å². The minimum atomic E-state index is -4.51. The molecule has 1 heterocycles. The highest BCUT2D eigenvalue weighted by Gasteiger charge is 2.43. The van der Waals surface area contributed by atoms with E-state index < -0.39 is 49.3 Å². The normalized spacial score (nSPS) is 13.3. The number of aryl methyl sites for hydroxylation is 1. The number of para-hydroxylation sites is 2. The second kappa shape index (κ2) is 12.6. The third-order valence-electron chi connectivity index (χ3n) is 5.97. The molecule has 1 unspecified atom stereocenters. The predicted molar refractivity (Wildman–Crippen MR) is 160 cm³/mol. The summed E-state index contributed by atoms with van der Waals surface area (Å²) >= 11 is 5.59. The third kappa shape index (κ3) is 7.79. The Bertz CT molecular complexity index is 1620.